The van der Waals surface area contributed by atoms with Gasteiger partial charge in [0.1, 0.15) is 11.3 Å². The zero-order valence-electron chi connectivity index (χ0n) is 20.0. The van der Waals surface area contributed by atoms with Gasteiger partial charge in [0.15, 0.2) is 11.5 Å². The van der Waals surface area contributed by atoms with Gasteiger partial charge in [-0.05, 0) is 48.2 Å². The predicted octanol–water partition coefficient (Wildman–Crippen LogP) is 6.04. The highest BCUT2D eigenvalue weighted by molar-refractivity contribution is 6.16. The Morgan fingerprint density at radius 2 is 1.72 bits per heavy atom. The molecule has 0 saturated carbocycles. The zero-order valence-corrected chi connectivity index (χ0v) is 20.0. The smallest absolute Gasteiger partial charge is 0.290 e. The summed E-state index contributed by atoms with van der Waals surface area (Å²) >= 11 is 0. The molecule has 0 radical (unpaired) electrons. The molecule has 0 fully saturated rings. The van der Waals surface area contributed by atoms with Gasteiger partial charge in [0, 0.05) is 11.9 Å². The summed E-state index contributed by atoms with van der Waals surface area (Å²) in [6.45, 7) is 2.97. The van der Waals surface area contributed by atoms with Crippen LogP contribution in [0.3, 0.4) is 0 Å². The summed E-state index contributed by atoms with van der Waals surface area (Å²) in [5.41, 5.74) is 2.36. The van der Waals surface area contributed by atoms with E-state index in [1.165, 1.54) is 0 Å². The number of hydrogen-bond donors (Lipinski definition) is 1. The largest absolute Gasteiger partial charge is 0.503 e. The lowest BCUT2D eigenvalue weighted by molar-refractivity contribution is -0.129. The number of carbonyl (C=O) groups is 2. The highest BCUT2D eigenvalue weighted by Gasteiger charge is 2.44. The number of Topliss-reactive ketones (excluding diaryl/α,β-unsaturated/α-hetero) is 1. The number of aliphatic hydroxyl groups is 1. The van der Waals surface area contributed by atoms with Crippen molar-refractivity contribution in [2.24, 2.45) is 0 Å². The summed E-state index contributed by atoms with van der Waals surface area (Å²) in [4.78, 5) is 28.5. The Labute approximate surface area is 209 Å². The van der Waals surface area contributed by atoms with E-state index in [0.717, 1.165) is 17.4 Å². The average Bonchev–Trinajstić information content (AvgIpc) is 3.46. The monoisotopic (exact) mass is 481 g/mol. The maximum atomic E-state index is 13.7. The zero-order chi connectivity index (χ0) is 25.1. The second-order valence-electron chi connectivity index (χ2n) is 8.79. The van der Waals surface area contributed by atoms with Crippen molar-refractivity contribution in [1.82, 2.24) is 4.90 Å². The molecule has 2 heterocycles. The summed E-state index contributed by atoms with van der Waals surface area (Å²) in [7, 11) is 0. The highest BCUT2D eigenvalue weighted by Crippen LogP contribution is 2.40. The second-order valence-corrected chi connectivity index (χ2v) is 8.79. The summed E-state index contributed by atoms with van der Waals surface area (Å²) in [5, 5.41) is 11.7. The van der Waals surface area contributed by atoms with Gasteiger partial charge >= 0.3 is 0 Å². The minimum atomic E-state index is -0.748. The van der Waals surface area contributed by atoms with Gasteiger partial charge in [-0.2, -0.15) is 0 Å². The van der Waals surface area contributed by atoms with Crippen LogP contribution in [0.4, 0.5) is 0 Å². The van der Waals surface area contributed by atoms with E-state index in [1.54, 1.807) is 17.0 Å². The Bertz CT molecular complexity index is 1390. The molecular formula is C30H27NO5. The standard InChI is InChI=1S/C30H27NO5/c1-2-18-35-23-14-12-21(13-15-23)27-26(28(32)25-19-22-10-6-7-11-24(22)36-25)29(33)30(34)31(27)17-16-20-8-4-3-5-9-20/h3-15,19,27,33H,2,16-18H2,1H3. The Morgan fingerprint density at radius 1 is 1.00 bits per heavy atom. The molecule has 182 valence electrons. The average molecular weight is 482 g/mol. The molecule has 1 aliphatic rings. The van der Waals surface area contributed by atoms with Crippen LogP contribution in [-0.2, 0) is 11.2 Å². The van der Waals surface area contributed by atoms with Crippen molar-refractivity contribution in [1.29, 1.82) is 0 Å². The number of aliphatic hydroxyl groups excluding tert-OH is 1. The fourth-order valence-electron chi connectivity index (χ4n) is 4.55. The number of nitrogens with zero attached hydrogens (tertiary/aromatic N) is 1. The van der Waals surface area contributed by atoms with E-state index in [0.29, 0.717) is 36.5 Å². The lowest BCUT2D eigenvalue weighted by Gasteiger charge is -2.27. The third kappa shape index (κ3) is 4.50. The number of ether oxygens (including phenoxy) is 1. The molecule has 1 aliphatic heterocycles. The molecule has 4 aromatic rings. The van der Waals surface area contributed by atoms with Crippen molar-refractivity contribution in [3.63, 3.8) is 0 Å². The SMILES string of the molecule is CCCOc1ccc(C2C(C(=O)c3cc4ccccc4o3)=C(O)C(=O)N2CCc2ccccc2)cc1. The van der Waals surface area contributed by atoms with Gasteiger partial charge in [0.2, 0.25) is 5.78 Å². The van der Waals surface area contributed by atoms with Crippen LogP contribution in [-0.4, -0.2) is 34.8 Å². The summed E-state index contributed by atoms with van der Waals surface area (Å²) in [6, 6.07) is 25.3. The first-order chi connectivity index (χ1) is 17.6. The lowest BCUT2D eigenvalue weighted by Crippen LogP contribution is -2.33. The molecule has 0 spiro atoms. The molecular weight excluding hydrogens is 454 g/mol. The third-order valence-corrected chi connectivity index (χ3v) is 6.35. The quantitative estimate of drug-likeness (QED) is 0.295. The van der Waals surface area contributed by atoms with Crippen molar-refractivity contribution in [2.75, 3.05) is 13.2 Å². The molecule has 36 heavy (non-hydrogen) atoms. The van der Waals surface area contributed by atoms with E-state index in [2.05, 4.69) is 0 Å². The van der Waals surface area contributed by atoms with Gasteiger partial charge in [-0.25, -0.2) is 0 Å². The first-order valence-corrected chi connectivity index (χ1v) is 12.1. The van der Waals surface area contributed by atoms with Crippen LogP contribution in [0.15, 0.2) is 101 Å². The molecule has 1 unspecified atom stereocenters. The van der Waals surface area contributed by atoms with Crippen LogP contribution in [0.5, 0.6) is 5.75 Å². The number of para-hydroxylation sites is 1. The molecule has 6 nitrogen and oxygen atoms in total. The van der Waals surface area contributed by atoms with Gasteiger partial charge in [0.25, 0.3) is 5.91 Å². The number of benzene rings is 3. The second kappa shape index (κ2) is 10.1. The number of ketones is 1. The minimum Gasteiger partial charge on any atom is -0.503 e. The number of carbonyl (C=O) groups excluding carboxylic acids is 2. The van der Waals surface area contributed by atoms with Crippen LogP contribution in [0.25, 0.3) is 11.0 Å². The number of hydrogen-bond acceptors (Lipinski definition) is 5. The van der Waals surface area contributed by atoms with Crippen LogP contribution in [0.2, 0.25) is 0 Å². The van der Waals surface area contributed by atoms with E-state index >= 15 is 0 Å². The normalized spacial score (nSPS) is 15.6. The van der Waals surface area contributed by atoms with Gasteiger partial charge in [-0.15, -0.1) is 0 Å². The number of amides is 1. The van der Waals surface area contributed by atoms with Gasteiger partial charge in [-0.3, -0.25) is 9.59 Å². The van der Waals surface area contributed by atoms with Crippen molar-refractivity contribution >= 4 is 22.7 Å². The Kier molecular flexibility index (Phi) is 6.58. The van der Waals surface area contributed by atoms with Gasteiger partial charge in [-0.1, -0.05) is 67.6 Å². The van der Waals surface area contributed by atoms with E-state index < -0.39 is 23.5 Å². The third-order valence-electron chi connectivity index (χ3n) is 6.35. The number of furan rings is 1. The van der Waals surface area contributed by atoms with E-state index in [1.807, 2.05) is 79.7 Å². The molecule has 5 rings (SSSR count). The maximum Gasteiger partial charge on any atom is 0.290 e. The molecule has 1 N–H and O–H groups in total. The first kappa shape index (κ1) is 23.4. The predicted molar refractivity (Wildman–Crippen MR) is 137 cm³/mol. The molecule has 1 amide bonds. The van der Waals surface area contributed by atoms with Gasteiger partial charge in [0.05, 0.1) is 18.2 Å². The Hall–Kier alpha value is -4.32. The first-order valence-electron chi connectivity index (χ1n) is 12.1. The topological polar surface area (TPSA) is 80.0 Å². The lowest BCUT2D eigenvalue weighted by atomic mass is 9.94. The van der Waals surface area contributed by atoms with Crippen molar-refractivity contribution in [3.05, 3.63) is 113 Å². The van der Waals surface area contributed by atoms with Gasteiger partial charge < -0.3 is 19.2 Å². The van der Waals surface area contributed by atoms with Crippen LogP contribution in [0, 0.1) is 0 Å². The number of fused-ring (bicyclic) bond motifs is 1. The molecule has 0 saturated heterocycles. The van der Waals surface area contributed by atoms with Crippen molar-refractivity contribution < 1.29 is 23.8 Å². The molecule has 1 aromatic heterocycles. The van der Waals surface area contributed by atoms with E-state index in [9.17, 15) is 14.7 Å². The number of rotatable bonds is 9. The molecule has 0 aliphatic carbocycles. The van der Waals surface area contributed by atoms with E-state index in [4.69, 9.17) is 9.15 Å². The van der Waals surface area contributed by atoms with Crippen LogP contribution < -0.4 is 4.74 Å². The fourth-order valence-corrected chi connectivity index (χ4v) is 4.55. The Morgan fingerprint density at radius 3 is 2.44 bits per heavy atom. The molecule has 3 aromatic carbocycles. The minimum absolute atomic E-state index is 0.0225. The van der Waals surface area contributed by atoms with Crippen LogP contribution >= 0.6 is 0 Å². The summed E-state index contributed by atoms with van der Waals surface area (Å²) < 4.78 is 11.5. The summed E-state index contributed by atoms with van der Waals surface area (Å²) in [6.07, 6.45) is 1.47. The molecule has 0 bridgehead atoms. The van der Waals surface area contributed by atoms with Crippen molar-refractivity contribution in [2.45, 2.75) is 25.8 Å². The van der Waals surface area contributed by atoms with Crippen LogP contribution in [0.1, 0.15) is 41.1 Å². The summed E-state index contributed by atoms with van der Waals surface area (Å²) in [5.74, 6) is -0.815. The Balaban J connectivity index is 1.51. The molecule has 1 atom stereocenters. The van der Waals surface area contributed by atoms with E-state index in [-0.39, 0.29) is 11.3 Å². The van der Waals surface area contributed by atoms with Crippen molar-refractivity contribution in [3.8, 4) is 5.75 Å². The fraction of sp³-hybridized carbons (Fsp3) is 0.200. The highest BCUT2D eigenvalue weighted by atomic mass is 16.5. The molecule has 6 heteroatoms. The maximum absolute atomic E-state index is 13.7.